The molecule has 0 aromatic carbocycles. The van der Waals surface area contributed by atoms with Gasteiger partial charge in [0.15, 0.2) is 18.0 Å². The van der Waals surface area contributed by atoms with Gasteiger partial charge < -0.3 is 29.3 Å². The third-order valence-corrected chi connectivity index (χ3v) is 5.44. The molecule has 1 aliphatic rings. The Kier molecular flexibility index (Phi) is 15.0. The van der Waals surface area contributed by atoms with E-state index < -0.39 is 49.8 Å². The normalized spacial score (nSPS) is 18.4. The molecule has 3 atom stereocenters. The average Bonchev–Trinajstić information content (AvgIpc) is 3.08. The maximum atomic E-state index is 11.9. The summed E-state index contributed by atoms with van der Waals surface area (Å²) in [4.78, 5) is 40.9. The number of cyclic esters (lactones) is 1. The highest BCUT2D eigenvalue weighted by atomic mass is 31.2. The number of unbranched alkanes of at least 4 members (excludes halogenated alkanes) is 5. The zero-order chi connectivity index (χ0) is 27.0. The number of phosphoric ester groups is 1. The Morgan fingerprint density at radius 1 is 1.00 bits per heavy atom. The lowest BCUT2D eigenvalue weighted by Crippen LogP contribution is -2.41. The number of rotatable bonds is 18. The van der Waals surface area contributed by atoms with Gasteiger partial charge in [-0.3, -0.25) is 14.6 Å². The number of allylic oxidation sites excluding steroid dienone is 6. The lowest BCUT2D eigenvalue weighted by molar-refractivity contribution is -0.200. The molecule has 1 aliphatic heterocycles. The highest BCUT2D eigenvalue weighted by molar-refractivity contribution is 7.46. The number of carbonyl (C=O) groups excluding carboxylic acids is 2. The molecule has 1 heterocycles. The number of aliphatic hydroxyl groups is 3. The third-order valence-electron chi connectivity index (χ3n) is 5.02. The Morgan fingerprint density at radius 2 is 1.58 bits per heavy atom. The van der Waals surface area contributed by atoms with E-state index in [4.69, 9.17) is 14.5 Å². The Morgan fingerprint density at radius 3 is 2.22 bits per heavy atom. The van der Waals surface area contributed by atoms with Gasteiger partial charge in [-0.05, 0) is 38.5 Å². The second-order valence-corrected chi connectivity index (χ2v) is 9.26. The van der Waals surface area contributed by atoms with Crippen LogP contribution in [-0.4, -0.2) is 55.5 Å². The van der Waals surface area contributed by atoms with Crippen molar-refractivity contribution in [2.24, 2.45) is 0 Å². The van der Waals surface area contributed by atoms with Crippen LogP contribution in [0.25, 0.3) is 0 Å². The molecular formula is C24H37O11P. The van der Waals surface area contributed by atoms with Crippen molar-refractivity contribution in [3.63, 3.8) is 0 Å². The molecule has 0 aromatic heterocycles. The van der Waals surface area contributed by atoms with Crippen LogP contribution in [-0.2, 0) is 28.2 Å². The Balaban J connectivity index is 2.19. The van der Waals surface area contributed by atoms with E-state index in [-0.39, 0.29) is 6.42 Å². The van der Waals surface area contributed by atoms with Crippen molar-refractivity contribution in [3.05, 3.63) is 48.0 Å². The molecule has 0 aliphatic carbocycles. The molecule has 36 heavy (non-hydrogen) atoms. The summed E-state index contributed by atoms with van der Waals surface area (Å²) in [5.41, 5.74) is 0. The summed E-state index contributed by atoms with van der Waals surface area (Å²) in [7, 11) is -5.18. The zero-order valence-corrected chi connectivity index (χ0v) is 21.3. The van der Waals surface area contributed by atoms with Gasteiger partial charge in [0, 0.05) is 6.42 Å². The first-order valence-electron chi connectivity index (χ1n) is 12.0. The number of aliphatic hydroxyl groups excluding tert-OH is 3. The highest BCUT2D eigenvalue weighted by Crippen LogP contribution is 2.42. The van der Waals surface area contributed by atoms with E-state index in [9.17, 15) is 29.5 Å². The summed E-state index contributed by atoms with van der Waals surface area (Å²) in [6.45, 7) is 2.11. The Labute approximate surface area is 211 Å². The molecule has 0 amide bonds. The number of ether oxygens (including phenoxy) is 2. The lowest BCUT2D eigenvalue weighted by atomic mass is 10.1. The van der Waals surface area contributed by atoms with Crippen LogP contribution in [0.5, 0.6) is 0 Å². The van der Waals surface area contributed by atoms with E-state index in [1.54, 1.807) is 0 Å². The van der Waals surface area contributed by atoms with Gasteiger partial charge in [-0.25, -0.2) is 9.36 Å². The molecule has 5 N–H and O–H groups in total. The van der Waals surface area contributed by atoms with Gasteiger partial charge in [0.25, 0.3) is 5.76 Å². The Hall–Kier alpha value is -2.43. The number of hydrogen-bond acceptors (Lipinski definition) is 9. The van der Waals surface area contributed by atoms with Crippen LogP contribution in [0.1, 0.15) is 71.1 Å². The van der Waals surface area contributed by atoms with Crippen molar-refractivity contribution in [1.82, 2.24) is 0 Å². The maximum Gasteiger partial charge on any atom is 0.525 e. The fraction of sp³-hybridized carbons (Fsp3) is 0.583. The predicted molar refractivity (Wildman–Crippen MR) is 130 cm³/mol. The Bertz CT molecular complexity index is 856. The SMILES string of the molecule is CC/C=C\C/C=C\C/C=C\CCCCCCCC(=O)OC(O)[C@H](O)[C@H]1OC(=O)C(OP(=O)(O)O)=C1O. The minimum Gasteiger partial charge on any atom is -0.505 e. The summed E-state index contributed by atoms with van der Waals surface area (Å²) in [5.74, 6) is -4.60. The van der Waals surface area contributed by atoms with Gasteiger partial charge in [-0.15, -0.1) is 0 Å². The summed E-state index contributed by atoms with van der Waals surface area (Å²) < 4.78 is 24.1. The molecular weight excluding hydrogens is 495 g/mol. The summed E-state index contributed by atoms with van der Waals surface area (Å²) in [5, 5.41) is 29.7. The van der Waals surface area contributed by atoms with Crippen LogP contribution >= 0.6 is 7.82 Å². The quantitative estimate of drug-likeness (QED) is 0.0572. The second kappa shape index (κ2) is 17.1. The summed E-state index contributed by atoms with van der Waals surface area (Å²) in [6, 6.07) is 0. The topological polar surface area (TPSA) is 180 Å². The van der Waals surface area contributed by atoms with E-state index in [0.29, 0.717) is 6.42 Å². The van der Waals surface area contributed by atoms with Crippen LogP contribution in [0.4, 0.5) is 0 Å². The van der Waals surface area contributed by atoms with E-state index in [0.717, 1.165) is 51.4 Å². The first kappa shape index (κ1) is 31.6. The standard InChI is InChI=1S/C24H37O11P/c1-2-3-4-5-6-7-8-9-10-11-12-13-14-15-16-17-18(25)33-23(28)20(27)21-19(26)22(24(29)34-21)35-36(30,31)32/h3-4,6-7,9-10,20-21,23,26-28H,2,5,8,11-17H2,1H3,(H2,30,31,32)/b4-3-,7-6-,10-9-/t20-,21+,23?/m1/s1. The molecule has 0 saturated heterocycles. The molecule has 0 saturated carbocycles. The lowest BCUT2D eigenvalue weighted by Gasteiger charge is -2.22. The molecule has 1 rings (SSSR count). The van der Waals surface area contributed by atoms with E-state index in [2.05, 4.69) is 52.6 Å². The van der Waals surface area contributed by atoms with Crippen LogP contribution in [0.3, 0.4) is 0 Å². The predicted octanol–water partition coefficient (Wildman–Crippen LogP) is 3.60. The first-order valence-corrected chi connectivity index (χ1v) is 13.5. The van der Waals surface area contributed by atoms with Gasteiger partial charge in [-0.1, -0.05) is 62.6 Å². The molecule has 0 bridgehead atoms. The van der Waals surface area contributed by atoms with E-state index >= 15 is 0 Å². The van der Waals surface area contributed by atoms with Crippen molar-refractivity contribution < 1.29 is 53.3 Å². The maximum absolute atomic E-state index is 11.9. The fourth-order valence-corrected chi connectivity index (χ4v) is 3.60. The molecule has 0 fully saturated rings. The van der Waals surface area contributed by atoms with Crippen LogP contribution in [0, 0.1) is 0 Å². The van der Waals surface area contributed by atoms with Crippen molar-refractivity contribution in [2.75, 3.05) is 0 Å². The van der Waals surface area contributed by atoms with Crippen molar-refractivity contribution >= 4 is 19.8 Å². The van der Waals surface area contributed by atoms with E-state index in [1.807, 2.05) is 0 Å². The van der Waals surface area contributed by atoms with Crippen LogP contribution in [0.15, 0.2) is 48.0 Å². The van der Waals surface area contributed by atoms with Crippen LogP contribution < -0.4 is 0 Å². The van der Waals surface area contributed by atoms with Gasteiger partial charge in [0.05, 0.1) is 0 Å². The molecule has 0 radical (unpaired) electrons. The molecule has 1 unspecified atom stereocenters. The van der Waals surface area contributed by atoms with Crippen molar-refractivity contribution in [3.8, 4) is 0 Å². The van der Waals surface area contributed by atoms with Gasteiger partial charge in [0.1, 0.15) is 0 Å². The molecule has 11 nitrogen and oxygen atoms in total. The monoisotopic (exact) mass is 532 g/mol. The molecule has 12 heteroatoms. The minimum absolute atomic E-state index is 0.0116. The minimum atomic E-state index is -5.18. The van der Waals surface area contributed by atoms with E-state index in [1.165, 1.54) is 0 Å². The average molecular weight is 533 g/mol. The van der Waals surface area contributed by atoms with Crippen molar-refractivity contribution in [1.29, 1.82) is 0 Å². The second-order valence-electron chi connectivity index (χ2n) is 8.09. The number of esters is 2. The fourth-order valence-electron chi connectivity index (χ4n) is 3.19. The highest BCUT2D eigenvalue weighted by Gasteiger charge is 2.46. The van der Waals surface area contributed by atoms with Gasteiger partial charge in [0.2, 0.25) is 6.29 Å². The zero-order valence-electron chi connectivity index (χ0n) is 20.4. The first-order chi connectivity index (χ1) is 17.1. The van der Waals surface area contributed by atoms with Gasteiger partial charge >= 0.3 is 19.8 Å². The smallest absolute Gasteiger partial charge is 0.505 e. The summed E-state index contributed by atoms with van der Waals surface area (Å²) in [6.07, 6.45) is 14.9. The number of hydrogen-bond donors (Lipinski definition) is 5. The number of carbonyl (C=O) groups is 2. The van der Waals surface area contributed by atoms with Gasteiger partial charge in [-0.2, -0.15) is 0 Å². The number of phosphoric acid groups is 1. The molecule has 0 aromatic rings. The summed E-state index contributed by atoms with van der Waals surface area (Å²) >= 11 is 0. The van der Waals surface area contributed by atoms with Crippen molar-refractivity contribution in [2.45, 2.75) is 89.6 Å². The molecule has 0 spiro atoms. The third kappa shape index (κ3) is 13.0. The van der Waals surface area contributed by atoms with Crippen LogP contribution in [0.2, 0.25) is 0 Å². The largest absolute Gasteiger partial charge is 0.525 e. The molecule has 204 valence electrons.